The van der Waals surface area contributed by atoms with Crippen LogP contribution in [0.4, 0.5) is 0 Å². The highest BCUT2D eigenvalue weighted by atomic mass is 35.5. The second kappa shape index (κ2) is 9.58. The largest absolute Gasteiger partial charge is 0.459 e. The number of carbonyl (C=O) groups excluding carboxylic acids is 1. The molecule has 3 aromatic rings. The number of rotatable bonds is 7. The number of esters is 1. The fourth-order valence-electron chi connectivity index (χ4n) is 2.65. The highest BCUT2D eigenvalue weighted by Gasteiger charge is 2.21. The normalized spacial score (nSPS) is 11.8. The Kier molecular flexibility index (Phi) is 7.13. The predicted octanol–water partition coefficient (Wildman–Crippen LogP) is 4.56. The summed E-state index contributed by atoms with van der Waals surface area (Å²) in [5, 5.41) is 0.669. The number of H-pyrrole nitrogens is 1. The maximum absolute atomic E-state index is 12.6. The average Bonchev–Trinajstić information content (AvgIpc) is 3.05. The number of aryl methyl sites for hydroxylation is 1. The first-order valence-electron chi connectivity index (χ1n) is 8.65. The number of thiophene rings is 1. The molecule has 9 heteroatoms. The van der Waals surface area contributed by atoms with Gasteiger partial charge in [-0.3, -0.25) is 4.79 Å². The number of fused-ring (bicyclic) bond motifs is 1. The molecule has 0 aliphatic heterocycles. The van der Waals surface area contributed by atoms with Crippen molar-refractivity contribution >= 4 is 62.0 Å². The molecule has 29 heavy (non-hydrogen) atoms. The molecule has 0 aliphatic rings. The molecule has 0 atom stereocenters. The number of nitrogens with zero attached hydrogens (tertiary/aromatic N) is 1. The number of thioether (sulfide) groups is 1. The van der Waals surface area contributed by atoms with Crippen molar-refractivity contribution in [2.24, 2.45) is 0 Å². The van der Waals surface area contributed by atoms with Crippen molar-refractivity contribution in [3.05, 3.63) is 56.4 Å². The summed E-state index contributed by atoms with van der Waals surface area (Å²) < 4.78 is 10.0. The number of nitrogens with one attached hydrogen (secondary N) is 1. The van der Waals surface area contributed by atoms with Crippen LogP contribution in [0.15, 0.2) is 34.0 Å². The minimum atomic E-state index is -0.501. The van der Waals surface area contributed by atoms with E-state index in [1.165, 1.54) is 7.11 Å². The molecule has 0 saturated heterocycles. The number of hydrogen-bond acceptors (Lipinski definition) is 7. The number of methoxy groups -OCH3 is 1. The molecule has 0 fully saturated rings. The quantitative estimate of drug-likeness (QED) is 0.323. The molecule has 3 rings (SSSR count). The molecular formula is C20H19ClN2O4S2. The van der Waals surface area contributed by atoms with Crippen molar-refractivity contribution in [2.75, 3.05) is 26.6 Å². The molecule has 0 spiro atoms. The third-order valence-electron chi connectivity index (χ3n) is 4.14. The van der Waals surface area contributed by atoms with Gasteiger partial charge in [-0.1, -0.05) is 23.7 Å². The summed E-state index contributed by atoms with van der Waals surface area (Å²) in [5.74, 6) is -0.252. The van der Waals surface area contributed by atoms with E-state index in [0.717, 1.165) is 21.8 Å². The van der Waals surface area contributed by atoms with E-state index in [-0.39, 0.29) is 18.0 Å². The fourth-order valence-corrected chi connectivity index (χ4v) is 4.35. The molecule has 1 N–H and O–H groups in total. The van der Waals surface area contributed by atoms with Gasteiger partial charge in [0.1, 0.15) is 16.3 Å². The number of ether oxygens (including phenoxy) is 2. The van der Waals surface area contributed by atoms with E-state index >= 15 is 0 Å². The predicted molar refractivity (Wildman–Crippen MR) is 119 cm³/mol. The Bertz CT molecular complexity index is 1120. The third kappa shape index (κ3) is 4.90. The van der Waals surface area contributed by atoms with Crippen molar-refractivity contribution in [2.45, 2.75) is 11.8 Å². The zero-order valence-corrected chi connectivity index (χ0v) is 18.5. The zero-order valence-electron chi connectivity index (χ0n) is 16.1. The number of aromatic nitrogens is 2. The summed E-state index contributed by atoms with van der Waals surface area (Å²) in [4.78, 5) is 34.0. The van der Waals surface area contributed by atoms with E-state index < -0.39 is 5.97 Å². The SMILES string of the molecule is COCCOC(=O)c1sc2nc(/C(Cl)=C/c3ccc(SC)cc3)[nH]c(=O)c2c1C. The summed E-state index contributed by atoms with van der Waals surface area (Å²) in [5.41, 5.74) is 1.08. The van der Waals surface area contributed by atoms with E-state index in [2.05, 4.69) is 9.97 Å². The highest BCUT2D eigenvalue weighted by Crippen LogP contribution is 2.29. The lowest BCUT2D eigenvalue weighted by atomic mass is 10.2. The van der Waals surface area contributed by atoms with E-state index in [9.17, 15) is 9.59 Å². The van der Waals surface area contributed by atoms with Gasteiger partial charge in [-0.05, 0) is 42.5 Å². The standard InChI is InChI=1S/C20H19ClN2O4S2/c1-11-15-18(24)22-17(14(21)10-12-4-6-13(28-3)7-5-12)23-19(15)29-16(11)20(25)27-9-8-26-2/h4-7,10H,8-9H2,1-3H3,(H,22,23,24)/b14-10-. The van der Waals surface area contributed by atoms with Crippen LogP contribution in [0.2, 0.25) is 0 Å². The molecule has 2 heterocycles. The Morgan fingerprint density at radius 2 is 2.03 bits per heavy atom. The summed E-state index contributed by atoms with van der Waals surface area (Å²) in [6.45, 7) is 2.14. The van der Waals surface area contributed by atoms with Crippen LogP contribution in [0, 0.1) is 6.92 Å². The maximum atomic E-state index is 12.6. The molecule has 0 unspecified atom stereocenters. The van der Waals surface area contributed by atoms with Gasteiger partial charge in [0.05, 0.1) is 17.0 Å². The molecule has 1 aromatic carbocycles. The van der Waals surface area contributed by atoms with Gasteiger partial charge >= 0.3 is 5.97 Å². The monoisotopic (exact) mass is 450 g/mol. The van der Waals surface area contributed by atoms with Gasteiger partial charge in [-0.2, -0.15) is 0 Å². The minimum absolute atomic E-state index is 0.141. The summed E-state index contributed by atoms with van der Waals surface area (Å²) in [7, 11) is 1.53. The molecule has 0 amide bonds. The first kappa shape index (κ1) is 21.6. The number of carbonyl (C=O) groups is 1. The summed E-state index contributed by atoms with van der Waals surface area (Å²) in [6.07, 6.45) is 3.74. The van der Waals surface area contributed by atoms with Gasteiger partial charge in [0, 0.05) is 12.0 Å². The van der Waals surface area contributed by atoms with Gasteiger partial charge in [0.25, 0.3) is 5.56 Å². The molecule has 2 aromatic heterocycles. The van der Waals surface area contributed by atoms with Gasteiger partial charge in [-0.25, -0.2) is 9.78 Å². The maximum Gasteiger partial charge on any atom is 0.348 e. The van der Waals surface area contributed by atoms with Crippen LogP contribution < -0.4 is 5.56 Å². The van der Waals surface area contributed by atoms with Crippen molar-refractivity contribution in [1.82, 2.24) is 9.97 Å². The number of hydrogen-bond donors (Lipinski definition) is 1. The van der Waals surface area contributed by atoms with Crippen molar-refractivity contribution in [1.29, 1.82) is 0 Å². The van der Waals surface area contributed by atoms with Gasteiger partial charge < -0.3 is 14.5 Å². The average molecular weight is 451 g/mol. The molecule has 6 nitrogen and oxygen atoms in total. The van der Waals surface area contributed by atoms with Crippen LogP contribution >= 0.6 is 34.7 Å². The first-order valence-corrected chi connectivity index (χ1v) is 11.1. The van der Waals surface area contributed by atoms with Gasteiger partial charge in [0.2, 0.25) is 0 Å². The Hall–Kier alpha value is -2.13. The first-order chi connectivity index (χ1) is 13.9. The van der Waals surface area contributed by atoms with Crippen molar-refractivity contribution in [3.8, 4) is 0 Å². The molecule has 152 valence electrons. The Labute approximate surface area is 180 Å². The minimum Gasteiger partial charge on any atom is -0.459 e. The fraction of sp³-hybridized carbons (Fsp3) is 0.250. The van der Waals surface area contributed by atoms with Crippen LogP contribution in [0.25, 0.3) is 21.3 Å². The van der Waals surface area contributed by atoms with Crippen LogP contribution in [0.3, 0.4) is 0 Å². The third-order valence-corrected chi connectivity index (χ3v) is 6.34. The van der Waals surface area contributed by atoms with Crippen LogP contribution in [0.1, 0.15) is 26.6 Å². The van der Waals surface area contributed by atoms with Crippen molar-refractivity contribution < 1.29 is 14.3 Å². The lowest BCUT2D eigenvalue weighted by Crippen LogP contribution is -2.11. The molecular weight excluding hydrogens is 432 g/mol. The Morgan fingerprint density at radius 3 is 2.69 bits per heavy atom. The van der Waals surface area contributed by atoms with Gasteiger partial charge in [0.15, 0.2) is 5.82 Å². The highest BCUT2D eigenvalue weighted by molar-refractivity contribution is 7.98. The number of benzene rings is 1. The lowest BCUT2D eigenvalue weighted by Gasteiger charge is -2.02. The van der Waals surface area contributed by atoms with E-state index in [0.29, 0.717) is 32.3 Å². The number of halogens is 1. The van der Waals surface area contributed by atoms with Crippen molar-refractivity contribution in [3.63, 3.8) is 0 Å². The van der Waals surface area contributed by atoms with E-state index in [1.54, 1.807) is 24.8 Å². The topological polar surface area (TPSA) is 81.3 Å². The zero-order chi connectivity index (χ0) is 21.0. The Balaban J connectivity index is 1.95. The van der Waals surface area contributed by atoms with Gasteiger partial charge in [-0.15, -0.1) is 23.1 Å². The molecule has 0 bridgehead atoms. The van der Waals surface area contributed by atoms with E-state index in [4.69, 9.17) is 21.1 Å². The molecule has 0 aliphatic carbocycles. The lowest BCUT2D eigenvalue weighted by molar-refractivity contribution is 0.0393. The van der Waals surface area contributed by atoms with Crippen LogP contribution in [0.5, 0.6) is 0 Å². The smallest absolute Gasteiger partial charge is 0.348 e. The second-order valence-corrected chi connectivity index (χ2v) is 8.33. The second-order valence-electron chi connectivity index (χ2n) is 6.05. The Morgan fingerprint density at radius 1 is 1.31 bits per heavy atom. The molecule has 0 saturated carbocycles. The summed E-state index contributed by atoms with van der Waals surface area (Å²) in [6, 6.07) is 7.86. The van der Waals surface area contributed by atoms with Crippen LogP contribution in [-0.4, -0.2) is 42.5 Å². The molecule has 0 radical (unpaired) electrons. The number of aromatic amines is 1. The van der Waals surface area contributed by atoms with E-state index in [1.807, 2.05) is 30.5 Å². The van der Waals surface area contributed by atoms with Crippen LogP contribution in [-0.2, 0) is 9.47 Å². The summed E-state index contributed by atoms with van der Waals surface area (Å²) >= 11 is 9.17.